The second kappa shape index (κ2) is 22.4. The smallest absolute Gasteiger partial charge is 0.0267 e. The van der Waals surface area contributed by atoms with Crippen LogP contribution in [0, 0.1) is 0 Å². The molecule has 0 N–H and O–H groups in total. The maximum atomic E-state index is 3.78. The Morgan fingerprint density at radius 3 is 0.462 bits per heavy atom. The van der Waals surface area contributed by atoms with Crippen molar-refractivity contribution < 1.29 is 17.1 Å². The Hall–Kier alpha value is -2.59. The van der Waals surface area contributed by atoms with Crippen LogP contribution in [0.5, 0.6) is 0 Å². The van der Waals surface area contributed by atoms with Gasteiger partial charge in [-0.25, -0.2) is 0 Å². The van der Waals surface area contributed by atoms with Crippen LogP contribution in [0.15, 0.2) is 122 Å². The standard InChI is InChI=1S/4C5H5N.ClH.Fe/c4*1-2-4-6-5-3-1;;/h4*1-5H;1H;. The molecule has 0 saturated carbocycles. The van der Waals surface area contributed by atoms with Gasteiger partial charge >= 0.3 is 0 Å². The second-order valence-corrected chi connectivity index (χ2v) is 4.10. The van der Waals surface area contributed by atoms with Crippen LogP contribution in [0.1, 0.15) is 0 Å². The Morgan fingerprint density at radius 1 is 0.269 bits per heavy atom. The molecule has 4 aromatic rings. The average Bonchev–Trinajstić information content (AvgIpc) is 2.75. The minimum Gasteiger partial charge on any atom is -0.265 e. The molecule has 136 valence electrons. The number of rotatable bonds is 0. The fourth-order valence-corrected chi connectivity index (χ4v) is 1.25. The fourth-order valence-electron chi connectivity index (χ4n) is 1.25. The molecule has 0 fully saturated rings. The largest absolute Gasteiger partial charge is 0.265 e. The number of halogens is 1. The summed E-state index contributed by atoms with van der Waals surface area (Å²) < 4.78 is 0. The molecular weight excluding hydrogens is 388 g/mol. The summed E-state index contributed by atoms with van der Waals surface area (Å²) in [7, 11) is 0. The van der Waals surface area contributed by atoms with Crippen molar-refractivity contribution in [3.05, 3.63) is 122 Å². The third kappa shape index (κ3) is 19.5. The summed E-state index contributed by atoms with van der Waals surface area (Å²) in [6.45, 7) is 0. The average molecular weight is 409 g/mol. The number of nitrogens with zero attached hydrogens (tertiary/aromatic N) is 4. The van der Waals surface area contributed by atoms with Crippen molar-refractivity contribution in [1.82, 2.24) is 19.9 Å². The molecule has 0 bridgehead atoms. The van der Waals surface area contributed by atoms with E-state index >= 15 is 0 Å². The predicted octanol–water partition coefficient (Wildman–Crippen LogP) is 4.75. The summed E-state index contributed by atoms with van der Waals surface area (Å²) in [6.07, 6.45) is 14.0. The molecule has 0 aromatic carbocycles. The van der Waals surface area contributed by atoms with Crippen LogP contribution in [0.3, 0.4) is 0 Å². The van der Waals surface area contributed by atoms with Gasteiger partial charge in [-0.1, -0.05) is 24.3 Å². The summed E-state index contributed by atoms with van der Waals surface area (Å²) in [4.78, 5) is 15.1. The Kier molecular flexibility index (Phi) is 22.1. The molecule has 0 saturated heterocycles. The van der Waals surface area contributed by atoms with Crippen LogP contribution in [-0.2, 0) is 17.1 Å². The van der Waals surface area contributed by atoms with Crippen LogP contribution in [0.4, 0.5) is 0 Å². The van der Waals surface area contributed by atoms with Gasteiger partial charge in [-0.15, -0.1) is 12.4 Å². The monoisotopic (exact) mass is 408 g/mol. The zero-order valence-electron chi connectivity index (χ0n) is 14.1. The molecule has 0 spiro atoms. The van der Waals surface area contributed by atoms with Gasteiger partial charge in [0.05, 0.1) is 0 Å². The van der Waals surface area contributed by atoms with Gasteiger partial charge in [0.15, 0.2) is 0 Å². The van der Waals surface area contributed by atoms with Crippen molar-refractivity contribution in [2.24, 2.45) is 0 Å². The Morgan fingerprint density at radius 2 is 0.423 bits per heavy atom. The van der Waals surface area contributed by atoms with E-state index in [4.69, 9.17) is 0 Å². The molecule has 0 amide bonds. The molecule has 0 radical (unpaired) electrons. The van der Waals surface area contributed by atoms with Gasteiger partial charge in [0.2, 0.25) is 0 Å². The van der Waals surface area contributed by atoms with Crippen molar-refractivity contribution in [1.29, 1.82) is 0 Å². The van der Waals surface area contributed by atoms with Crippen molar-refractivity contribution in [3.63, 3.8) is 0 Å². The van der Waals surface area contributed by atoms with E-state index in [0.29, 0.717) is 0 Å². The third-order valence-electron chi connectivity index (χ3n) is 2.27. The molecule has 4 heterocycles. The van der Waals surface area contributed by atoms with Crippen molar-refractivity contribution in [2.45, 2.75) is 0 Å². The van der Waals surface area contributed by atoms with E-state index in [-0.39, 0.29) is 29.5 Å². The van der Waals surface area contributed by atoms with Crippen LogP contribution in [-0.4, -0.2) is 19.9 Å². The van der Waals surface area contributed by atoms with Crippen LogP contribution >= 0.6 is 12.4 Å². The molecule has 4 nitrogen and oxygen atoms in total. The van der Waals surface area contributed by atoms with E-state index < -0.39 is 0 Å². The minimum absolute atomic E-state index is 0. The van der Waals surface area contributed by atoms with E-state index in [1.54, 1.807) is 49.6 Å². The number of aromatic nitrogens is 4. The van der Waals surface area contributed by atoms with Gasteiger partial charge in [-0.05, 0) is 48.5 Å². The Labute approximate surface area is 171 Å². The second-order valence-electron chi connectivity index (χ2n) is 4.10. The van der Waals surface area contributed by atoms with Gasteiger partial charge in [0.1, 0.15) is 0 Å². The molecule has 0 aliphatic rings. The van der Waals surface area contributed by atoms with E-state index in [1.807, 2.05) is 72.8 Å². The minimum atomic E-state index is 0. The van der Waals surface area contributed by atoms with Gasteiger partial charge in [-0.2, -0.15) is 0 Å². The molecule has 26 heavy (non-hydrogen) atoms. The maximum absolute atomic E-state index is 3.78. The normalized spacial score (nSPS) is 7.38. The predicted molar refractivity (Wildman–Crippen MR) is 104 cm³/mol. The summed E-state index contributed by atoms with van der Waals surface area (Å²) in [5.41, 5.74) is 0. The van der Waals surface area contributed by atoms with Gasteiger partial charge in [-0.3, -0.25) is 19.9 Å². The molecular formula is C20H21ClFeN4. The fraction of sp³-hybridized carbons (Fsp3) is 0. The summed E-state index contributed by atoms with van der Waals surface area (Å²) in [5, 5.41) is 0. The van der Waals surface area contributed by atoms with E-state index in [0.717, 1.165) is 0 Å². The third-order valence-corrected chi connectivity index (χ3v) is 2.27. The Bertz CT molecular complexity index is 442. The van der Waals surface area contributed by atoms with Crippen molar-refractivity contribution in [3.8, 4) is 0 Å². The van der Waals surface area contributed by atoms with E-state index in [1.165, 1.54) is 0 Å². The summed E-state index contributed by atoms with van der Waals surface area (Å²) in [6, 6.07) is 22.9. The quantitative estimate of drug-likeness (QED) is 0.394. The molecule has 6 heteroatoms. The number of hydrogen-bond acceptors (Lipinski definition) is 4. The van der Waals surface area contributed by atoms with Crippen LogP contribution in [0.25, 0.3) is 0 Å². The summed E-state index contributed by atoms with van der Waals surface area (Å²) >= 11 is 0. The van der Waals surface area contributed by atoms with Crippen LogP contribution in [0.2, 0.25) is 0 Å². The first-order valence-corrected chi connectivity index (χ1v) is 7.40. The summed E-state index contributed by atoms with van der Waals surface area (Å²) in [5.74, 6) is 0. The molecule has 0 unspecified atom stereocenters. The molecule has 4 aromatic heterocycles. The molecule has 0 aliphatic carbocycles. The molecule has 0 atom stereocenters. The first kappa shape index (κ1) is 25.6. The van der Waals surface area contributed by atoms with Gasteiger partial charge in [0.25, 0.3) is 0 Å². The zero-order valence-corrected chi connectivity index (χ0v) is 16.0. The topological polar surface area (TPSA) is 51.6 Å². The zero-order chi connectivity index (χ0) is 17.0. The van der Waals surface area contributed by atoms with Crippen molar-refractivity contribution in [2.75, 3.05) is 0 Å². The maximum Gasteiger partial charge on any atom is 0.0267 e. The number of pyridine rings is 4. The molecule has 4 rings (SSSR count). The van der Waals surface area contributed by atoms with E-state index in [2.05, 4.69) is 19.9 Å². The van der Waals surface area contributed by atoms with Gasteiger partial charge in [0, 0.05) is 66.6 Å². The van der Waals surface area contributed by atoms with Crippen molar-refractivity contribution >= 4 is 12.4 Å². The van der Waals surface area contributed by atoms with E-state index in [9.17, 15) is 0 Å². The SMILES string of the molecule is Cl.[Fe].c1ccncc1.c1ccncc1.c1ccncc1.c1ccncc1. The van der Waals surface area contributed by atoms with Gasteiger partial charge < -0.3 is 0 Å². The van der Waals surface area contributed by atoms with Crippen LogP contribution < -0.4 is 0 Å². The molecule has 0 aliphatic heterocycles. The first-order chi connectivity index (χ1) is 12.0. The first-order valence-electron chi connectivity index (χ1n) is 7.40. The Balaban J connectivity index is 0. The number of hydrogen-bond donors (Lipinski definition) is 0.